The number of nitrogens with zero attached hydrogens (tertiary/aromatic N) is 1. The number of rotatable bonds is 4. The number of hydrogen-bond acceptors (Lipinski definition) is 3. The summed E-state index contributed by atoms with van der Waals surface area (Å²) < 4.78 is 0. The SMILES string of the molecule is O=C(NCC1(CO)CCCC1)c1ccncc1. The van der Waals surface area contributed by atoms with Gasteiger partial charge >= 0.3 is 0 Å². The van der Waals surface area contributed by atoms with Crippen LogP contribution >= 0.6 is 0 Å². The van der Waals surface area contributed by atoms with Crippen molar-refractivity contribution in [3.8, 4) is 0 Å². The van der Waals surface area contributed by atoms with Crippen LogP contribution in [0, 0.1) is 5.41 Å². The molecular weight excluding hydrogens is 216 g/mol. The van der Waals surface area contributed by atoms with Crippen LogP contribution in [0.25, 0.3) is 0 Å². The molecule has 1 aromatic heterocycles. The maximum atomic E-state index is 11.8. The van der Waals surface area contributed by atoms with Gasteiger partial charge in [-0.05, 0) is 25.0 Å². The number of aromatic nitrogens is 1. The van der Waals surface area contributed by atoms with Crippen molar-refractivity contribution in [1.82, 2.24) is 10.3 Å². The summed E-state index contributed by atoms with van der Waals surface area (Å²) >= 11 is 0. The van der Waals surface area contributed by atoms with Crippen LogP contribution in [0.2, 0.25) is 0 Å². The lowest BCUT2D eigenvalue weighted by atomic mass is 9.87. The predicted molar refractivity (Wildman–Crippen MR) is 64.6 cm³/mol. The fourth-order valence-corrected chi connectivity index (χ4v) is 2.39. The largest absolute Gasteiger partial charge is 0.396 e. The van der Waals surface area contributed by atoms with E-state index in [1.807, 2.05) is 0 Å². The van der Waals surface area contributed by atoms with Crippen LogP contribution in [0.5, 0.6) is 0 Å². The molecule has 1 aromatic rings. The minimum Gasteiger partial charge on any atom is -0.396 e. The van der Waals surface area contributed by atoms with E-state index < -0.39 is 0 Å². The highest BCUT2D eigenvalue weighted by molar-refractivity contribution is 5.93. The lowest BCUT2D eigenvalue weighted by Gasteiger charge is -2.26. The van der Waals surface area contributed by atoms with E-state index in [0.29, 0.717) is 12.1 Å². The monoisotopic (exact) mass is 234 g/mol. The second kappa shape index (κ2) is 5.27. The Balaban J connectivity index is 1.92. The summed E-state index contributed by atoms with van der Waals surface area (Å²) in [7, 11) is 0. The molecule has 0 radical (unpaired) electrons. The van der Waals surface area contributed by atoms with Crippen LogP contribution in [0.15, 0.2) is 24.5 Å². The van der Waals surface area contributed by atoms with Crippen molar-refractivity contribution in [1.29, 1.82) is 0 Å². The molecule has 1 saturated carbocycles. The highest BCUT2D eigenvalue weighted by atomic mass is 16.3. The topological polar surface area (TPSA) is 62.2 Å². The molecule has 0 unspecified atom stereocenters. The summed E-state index contributed by atoms with van der Waals surface area (Å²) in [4.78, 5) is 15.7. The molecule has 1 amide bonds. The van der Waals surface area contributed by atoms with Gasteiger partial charge in [-0.1, -0.05) is 12.8 Å². The number of pyridine rings is 1. The van der Waals surface area contributed by atoms with Crippen molar-refractivity contribution in [3.05, 3.63) is 30.1 Å². The van der Waals surface area contributed by atoms with Crippen LogP contribution in [-0.4, -0.2) is 29.1 Å². The second-order valence-electron chi connectivity index (χ2n) is 4.78. The first-order valence-corrected chi connectivity index (χ1v) is 6.05. The molecule has 1 aliphatic carbocycles. The van der Waals surface area contributed by atoms with Crippen molar-refractivity contribution in [3.63, 3.8) is 0 Å². The third-order valence-corrected chi connectivity index (χ3v) is 3.57. The summed E-state index contributed by atoms with van der Waals surface area (Å²) in [5.41, 5.74) is 0.522. The minimum absolute atomic E-state index is 0.0906. The van der Waals surface area contributed by atoms with Gasteiger partial charge < -0.3 is 10.4 Å². The van der Waals surface area contributed by atoms with Gasteiger partial charge in [0.25, 0.3) is 5.91 Å². The lowest BCUT2D eigenvalue weighted by molar-refractivity contribution is 0.0880. The molecule has 0 aromatic carbocycles. The van der Waals surface area contributed by atoms with E-state index in [1.54, 1.807) is 24.5 Å². The number of carbonyl (C=O) groups is 1. The van der Waals surface area contributed by atoms with Crippen LogP contribution in [-0.2, 0) is 0 Å². The smallest absolute Gasteiger partial charge is 0.251 e. The number of nitrogens with one attached hydrogen (secondary N) is 1. The molecule has 0 spiro atoms. The molecule has 4 heteroatoms. The number of amides is 1. The van der Waals surface area contributed by atoms with E-state index in [-0.39, 0.29) is 17.9 Å². The number of aliphatic hydroxyl groups excluding tert-OH is 1. The zero-order valence-electron chi connectivity index (χ0n) is 9.85. The van der Waals surface area contributed by atoms with Gasteiger partial charge in [0.15, 0.2) is 0 Å². The van der Waals surface area contributed by atoms with Gasteiger partial charge in [-0.25, -0.2) is 0 Å². The predicted octanol–water partition coefficient (Wildman–Crippen LogP) is 1.36. The van der Waals surface area contributed by atoms with Crippen molar-refractivity contribution in [2.24, 2.45) is 5.41 Å². The molecule has 0 saturated heterocycles. The van der Waals surface area contributed by atoms with Gasteiger partial charge in [0.2, 0.25) is 0 Å². The lowest BCUT2D eigenvalue weighted by Crippen LogP contribution is -2.38. The Morgan fingerprint density at radius 3 is 2.59 bits per heavy atom. The molecule has 0 atom stereocenters. The normalized spacial score (nSPS) is 17.9. The molecular formula is C13H18N2O2. The molecule has 1 heterocycles. The fraction of sp³-hybridized carbons (Fsp3) is 0.538. The Bertz CT molecular complexity index is 372. The first kappa shape index (κ1) is 12.0. The molecule has 4 nitrogen and oxygen atoms in total. The Morgan fingerprint density at radius 2 is 2.00 bits per heavy atom. The van der Waals surface area contributed by atoms with Gasteiger partial charge in [0.1, 0.15) is 0 Å². The number of aliphatic hydroxyl groups is 1. The van der Waals surface area contributed by atoms with Gasteiger partial charge in [0, 0.05) is 29.9 Å². The van der Waals surface area contributed by atoms with E-state index in [1.165, 1.54) is 0 Å². The first-order chi connectivity index (χ1) is 8.26. The molecule has 1 fully saturated rings. The number of carbonyl (C=O) groups excluding carboxylic acids is 1. The van der Waals surface area contributed by atoms with Gasteiger partial charge in [0.05, 0.1) is 6.61 Å². The van der Waals surface area contributed by atoms with E-state index in [2.05, 4.69) is 10.3 Å². The van der Waals surface area contributed by atoms with Crippen molar-refractivity contribution < 1.29 is 9.90 Å². The van der Waals surface area contributed by atoms with E-state index in [0.717, 1.165) is 25.7 Å². The van der Waals surface area contributed by atoms with Crippen LogP contribution < -0.4 is 5.32 Å². The number of hydrogen-bond donors (Lipinski definition) is 2. The Hall–Kier alpha value is -1.42. The first-order valence-electron chi connectivity index (χ1n) is 6.05. The minimum atomic E-state index is -0.0946. The molecule has 2 N–H and O–H groups in total. The molecule has 1 aliphatic rings. The molecule has 17 heavy (non-hydrogen) atoms. The Labute approximate surface area is 101 Å². The molecule has 92 valence electrons. The van der Waals surface area contributed by atoms with E-state index >= 15 is 0 Å². The van der Waals surface area contributed by atoms with Crippen LogP contribution in [0.1, 0.15) is 36.0 Å². The third kappa shape index (κ3) is 2.82. The van der Waals surface area contributed by atoms with Gasteiger partial charge in [-0.3, -0.25) is 9.78 Å². The van der Waals surface area contributed by atoms with E-state index in [9.17, 15) is 9.90 Å². The second-order valence-corrected chi connectivity index (χ2v) is 4.78. The molecule has 0 bridgehead atoms. The average molecular weight is 234 g/mol. The highest BCUT2D eigenvalue weighted by Crippen LogP contribution is 2.36. The van der Waals surface area contributed by atoms with Crippen LogP contribution in [0.4, 0.5) is 0 Å². The summed E-state index contributed by atoms with van der Waals surface area (Å²) in [5.74, 6) is -0.0906. The standard InChI is InChI=1S/C13H18N2O2/c16-10-13(5-1-2-6-13)9-15-12(17)11-3-7-14-8-4-11/h3-4,7-8,16H,1-2,5-6,9-10H2,(H,15,17). The summed E-state index contributed by atoms with van der Waals surface area (Å²) in [5, 5.41) is 12.3. The fourth-order valence-electron chi connectivity index (χ4n) is 2.39. The van der Waals surface area contributed by atoms with E-state index in [4.69, 9.17) is 0 Å². The maximum absolute atomic E-state index is 11.8. The average Bonchev–Trinajstić information content (AvgIpc) is 2.86. The maximum Gasteiger partial charge on any atom is 0.251 e. The van der Waals surface area contributed by atoms with Gasteiger partial charge in [-0.15, -0.1) is 0 Å². The zero-order valence-corrected chi connectivity index (χ0v) is 9.85. The summed E-state index contributed by atoms with van der Waals surface area (Å²) in [6.07, 6.45) is 7.50. The Morgan fingerprint density at radius 1 is 1.35 bits per heavy atom. The van der Waals surface area contributed by atoms with Crippen LogP contribution in [0.3, 0.4) is 0 Å². The van der Waals surface area contributed by atoms with Crippen molar-refractivity contribution in [2.45, 2.75) is 25.7 Å². The third-order valence-electron chi connectivity index (χ3n) is 3.57. The molecule has 0 aliphatic heterocycles. The van der Waals surface area contributed by atoms with Gasteiger partial charge in [-0.2, -0.15) is 0 Å². The van der Waals surface area contributed by atoms with Crippen molar-refractivity contribution >= 4 is 5.91 Å². The van der Waals surface area contributed by atoms with Crippen molar-refractivity contribution in [2.75, 3.05) is 13.2 Å². The quantitative estimate of drug-likeness (QED) is 0.827. The molecule has 2 rings (SSSR count). The zero-order chi connectivity index (χ0) is 12.1. The highest BCUT2D eigenvalue weighted by Gasteiger charge is 2.33. The summed E-state index contributed by atoms with van der Waals surface area (Å²) in [6.45, 7) is 0.717. The summed E-state index contributed by atoms with van der Waals surface area (Å²) in [6, 6.07) is 3.38. The Kier molecular flexibility index (Phi) is 3.74.